The van der Waals surface area contributed by atoms with Crippen LogP contribution in [0.4, 0.5) is 0 Å². The zero-order chi connectivity index (χ0) is 16.7. The van der Waals surface area contributed by atoms with Gasteiger partial charge >= 0.3 is 0 Å². The first-order chi connectivity index (χ1) is 11.7. The summed E-state index contributed by atoms with van der Waals surface area (Å²) in [5.74, 6) is 0.131. The lowest BCUT2D eigenvalue weighted by Crippen LogP contribution is -2.29. The second-order valence-corrected chi connectivity index (χ2v) is 6.42. The quantitative estimate of drug-likeness (QED) is 0.754. The molecule has 1 amide bonds. The Morgan fingerprint density at radius 1 is 1.00 bits per heavy atom. The van der Waals surface area contributed by atoms with Crippen molar-refractivity contribution in [3.8, 4) is 0 Å². The zero-order valence-corrected chi connectivity index (χ0v) is 13.9. The molecular formula is C21H20N2O. The lowest BCUT2D eigenvalue weighted by Gasteiger charge is -2.26. The molecular weight excluding hydrogens is 296 g/mol. The van der Waals surface area contributed by atoms with Gasteiger partial charge in [0.15, 0.2) is 0 Å². The smallest absolute Gasteiger partial charge is 0.250 e. The van der Waals surface area contributed by atoms with Gasteiger partial charge in [-0.3, -0.25) is 4.79 Å². The molecule has 4 rings (SSSR count). The van der Waals surface area contributed by atoms with Crippen LogP contribution >= 0.6 is 0 Å². The van der Waals surface area contributed by atoms with Crippen LogP contribution in [0.3, 0.4) is 0 Å². The van der Waals surface area contributed by atoms with Crippen molar-refractivity contribution >= 4 is 16.8 Å². The number of aromatic nitrogens is 1. The fourth-order valence-corrected chi connectivity index (χ4v) is 3.60. The van der Waals surface area contributed by atoms with Crippen molar-refractivity contribution in [1.82, 2.24) is 9.88 Å². The van der Waals surface area contributed by atoms with Crippen LogP contribution in [0, 0.1) is 0 Å². The molecule has 0 unspecified atom stereocenters. The van der Waals surface area contributed by atoms with Crippen molar-refractivity contribution in [2.75, 3.05) is 0 Å². The number of carbonyl (C=O) groups excluding carboxylic acids is 1. The lowest BCUT2D eigenvalue weighted by atomic mass is 9.98. The first-order valence-corrected chi connectivity index (χ1v) is 8.25. The first kappa shape index (κ1) is 14.8. The largest absolute Gasteiger partial charge is 0.361 e. The van der Waals surface area contributed by atoms with E-state index in [0.29, 0.717) is 6.54 Å². The number of carbonyl (C=O) groups is 1. The molecule has 1 atom stereocenters. The van der Waals surface area contributed by atoms with E-state index in [0.717, 1.165) is 22.2 Å². The van der Waals surface area contributed by atoms with Gasteiger partial charge in [0.05, 0.1) is 6.04 Å². The van der Waals surface area contributed by atoms with Gasteiger partial charge in [0.2, 0.25) is 0 Å². The van der Waals surface area contributed by atoms with Gasteiger partial charge in [-0.05, 0) is 31.1 Å². The SMILES string of the molecule is CC1=C(C)[C@@H](c2c[nH]c3ccccc23)N(Cc2ccccc2)C1=O. The average Bonchev–Trinajstić information content (AvgIpc) is 3.12. The molecule has 2 heterocycles. The maximum absolute atomic E-state index is 12.8. The molecule has 0 saturated carbocycles. The molecule has 2 aromatic carbocycles. The number of fused-ring (bicyclic) bond motifs is 1. The minimum Gasteiger partial charge on any atom is -0.361 e. The van der Waals surface area contributed by atoms with Gasteiger partial charge in [-0.25, -0.2) is 0 Å². The van der Waals surface area contributed by atoms with Gasteiger partial charge in [0.1, 0.15) is 0 Å². The first-order valence-electron chi connectivity index (χ1n) is 8.25. The highest BCUT2D eigenvalue weighted by atomic mass is 16.2. The summed E-state index contributed by atoms with van der Waals surface area (Å²) in [5.41, 5.74) is 5.43. The number of para-hydroxylation sites is 1. The standard InChI is InChI=1S/C21H20N2O/c1-14-15(2)21(24)23(13-16-8-4-3-5-9-16)20(14)18-12-22-19-11-7-6-10-17(18)19/h3-12,20,22H,13H2,1-2H3/t20-/m0/s1. The van der Waals surface area contributed by atoms with Crippen LogP contribution < -0.4 is 0 Å². The Morgan fingerprint density at radius 3 is 2.50 bits per heavy atom. The Balaban J connectivity index is 1.79. The molecule has 3 nitrogen and oxygen atoms in total. The second-order valence-electron chi connectivity index (χ2n) is 6.42. The molecule has 0 fully saturated rings. The lowest BCUT2D eigenvalue weighted by molar-refractivity contribution is -0.127. The van der Waals surface area contributed by atoms with Gasteiger partial charge in [-0.15, -0.1) is 0 Å². The summed E-state index contributed by atoms with van der Waals surface area (Å²) < 4.78 is 0. The molecule has 3 heteroatoms. The molecule has 1 N–H and O–H groups in total. The third-order valence-electron chi connectivity index (χ3n) is 5.01. The fraction of sp³-hybridized carbons (Fsp3) is 0.190. The van der Waals surface area contributed by atoms with Crippen LogP contribution in [-0.4, -0.2) is 15.8 Å². The molecule has 24 heavy (non-hydrogen) atoms. The van der Waals surface area contributed by atoms with Crippen molar-refractivity contribution in [1.29, 1.82) is 0 Å². The normalized spacial score (nSPS) is 18.0. The molecule has 3 aromatic rings. The summed E-state index contributed by atoms with van der Waals surface area (Å²) in [6.45, 7) is 4.63. The molecule has 120 valence electrons. The van der Waals surface area contributed by atoms with Crippen LogP contribution in [0.5, 0.6) is 0 Å². The Labute approximate surface area is 141 Å². The zero-order valence-electron chi connectivity index (χ0n) is 13.9. The molecule has 1 aliphatic heterocycles. The van der Waals surface area contributed by atoms with E-state index >= 15 is 0 Å². The van der Waals surface area contributed by atoms with E-state index in [9.17, 15) is 4.79 Å². The molecule has 1 aromatic heterocycles. The predicted molar refractivity (Wildman–Crippen MR) is 96.4 cm³/mol. The van der Waals surface area contributed by atoms with Crippen molar-refractivity contribution in [2.24, 2.45) is 0 Å². The van der Waals surface area contributed by atoms with Gasteiger partial charge < -0.3 is 9.88 Å². The Hall–Kier alpha value is -2.81. The van der Waals surface area contributed by atoms with Crippen LogP contribution in [0.15, 0.2) is 71.9 Å². The minimum atomic E-state index is -0.00569. The van der Waals surface area contributed by atoms with E-state index in [4.69, 9.17) is 0 Å². The number of rotatable bonds is 3. The van der Waals surface area contributed by atoms with E-state index in [1.165, 1.54) is 10.9 Å². The number of nitrogens with one attached hydrogen (secondary N) is 1. The van der Waals surface area contributed by atoms with Gasteiger partial charge in [-0.1, -0.05) is 48.5 Å². The van der Waals surface area contributed by atoms with E-state index < -0.39 is 0 Å². The topological polar surface area (TPSA) is 36.1 Å². The molecule has 0 saturated heterocycles. The second kappa shape index (κ2) is 5.68. The highest BCUT2D eigenvalue weighted by Gasteiger charge is 2.36. The van der Waals surface area contributed by atoms with Crippen molar-refractivity contribution in [2.45, 2.75) is 26.4 Å². The number of nitrogens with zero attached hydrogens (tertiary/aromatic N) is 1. The maximum Gasteiger partial charge on any atom is 0.250 e. The number of hydrogen-bond acceptors (Lipinski definition) is 1. The Bertz CT molecular complexity index is 937. The average molecular weight is 316 g/mol. The van der Waals surface area contributed by atoms with E-state index in [1.54, 1.807) is 0 Å². The van der Waals surface area contributed by atoms with E-state index in [-0.39, 0.29) is 11.9 Å². The maximum atomic E-state index is 12.8. The third-order valence-corrected chi connectivity index (χ3v) is 5.01. The number of benzene rings is 2. The number of H-pyrrole nitrogens is 1. The van der Waals surface area contributed by atoms with Gasteiger partial charge in [-0.2, -0.15) is 0 Å². The van der Waals surface area contributed by atoms with E-state index in [2.05, 4.69) is 36.2 Å². The summed E-state index contributed by atoms with van der Waals surface area (Å²) in [6, 6.07) is 18.4. The summed E-state index contributed by atoms with van der Waals surface area (Å²) in [4.78, 5) is 18.1. The van der Waals surface area contributed by atoms with Gasteiger partial charge in [0, 0.05) is 34.8 Å². The minimum absolute atomic E-state index is 0.00569. The third kappa shape index (κ3) is 2.24. The number of aromatic amines is 1. The van der Waals surface area contributed by atoms with Crippen LogP contribution in [0.2, 0.25) is 0 Å². The molecule has 0 radical (unpaired) electrons. The summed E-state index contributed by atoms with van der Waals surface area (Å²) in [5, 5.41) is 1.18. The molecule has 1 aliphatic rings. The van der Waals surface area contributed by atoms with Crippen molar-refractivity contribution < 1.29 is 4.79 Å². The predicted octanol–water partition coefficient (Wildman–Crippen LogP) is 4.59. The Morgan fingerprint density at radius 2 is 1.71 bits per heavy atom. The van der Waals surface area contributed by atoms with Gasteiger partial charge in [0.25, 0.3) is 5.91 Å². The summed E-state index contributed by atoms with van der Waals surface area (Å²) in [6.07, 6.45) is 2.04. The van der Waals surface area contributed by atoms with Crippen LogP contribution in [-0.2, 0) is 11.3 Å². The van der Waals surface area contributed by atoms with Crippen molar-refractivity contribution in [3.05, 3.63) is 83.1 Å². The summed E-state index contributed by atoms with van der Waals surface area (Å²) >= 11 is 0. The number of hydrogen-bond donors (Lipinski definition) is 1. The van der Waals surface area contributed by atoms with E-state index in [1.807, 2.05) is 48.4 Å². The fourth-order valence-electron chi connectivity index (χ4n) is 3.60. The summed E-state index contributed by atoms with van der Waals surface area (Å²) in [7, 11) is 0. The van der Waals surface area contributed by atoms with Crippen LogP contribution in [0.25, 0.3) is 10.9 Å². The van der Waals surface area contributed by atoms with Crippen LogP contribution in [0.1, 0.15) is 31.0 Å². The van der Waals surface area contributed by atoms with Crippen molar-refractivity contribution in [3.63, 3.8) is 0 Å². The highest BCUT2D eigenvalue weighted by molar-refractivity contribution is 5.98. The molecule has 0 spiro atoms. The molecule has 0 bridgehead atoms. The number of amides is 1. The highest BCUT2D eigenvalue weighted by Crippen LogP contribution is 2.41. The molecule has 0 aliphatic carbocycles. The monoisotopic (exact) mass is 316 g/mol. The Kier molecular flexibility index (Phi) is 3.49.